The predicted molar refractivity (Wildman–Crippen MR) is 129 cm³/mol. The molecule has 0 saturated heterocycles. The molecule has 0 spiro atoms. The summed E-state index contributed by atoms with van der Waals surface area (Å²) in [5.74, 6) is 1.24. The molecule has 0 bridgehead atoms. The summed E-state index contributed by atoms with van der Waals surface area (Å²) in [4.78, 5) is 26.8. The number of aromatic nitrogens is 2. The maximum absolute atomic E-state index is 13.1. The fourth-order valence-corrected chi connectivity index (χ4v) is 5.02. The second kappa shape index (κ2) is 9.71. The van der Waals surface area contributed by atoms with Gasteiger partial charge in [-0.15, -0.1) is 0 Å². The van der Waals surface area contributed by atoms with Crippen LogP contribution in [0.2, 0.25) is 0 Å². The summed E-state index contributed by atoms with van der Waals surface area (Å²) in [6, 6.07) is 6.23. The van der Waals surface area contributed by atoms with Crippen LogP contribution in [0, 0.1) is 12.8 Å². The molecule has 4 rings (SSSR count). The van der Waals surface area contributed by atoms with Crippen LogP contribution >= 0.6 is 0 Å². The van der Waals surface area contributed by atoms with E-state index in [9.17, 15) is 4.79 Å². The normalized spacial score (nSPS) is 25.8. The lowest BCUT2D eigenvalue weighted by atomic mass is 9.86. The topological polar surface area (TPSA) is 131 Å². The van der Waals surface area contributed by atoms with Gasteiger partial charge >= 0.3 is 0 Å². The standard InChI is InChI=1S/C24H35N7O/c1-14-11-12-18-16(13-14)21(28-19-9-5-6-10-20(19)30-24(25)26)31-22(27-18)23(32)29-17-8-4-3-7-15(17)2/h11-13,15,17,19-20H,3-10H2,1-2H3,(H,29,32)(H4,25,26,30)(H,27,28,31). The van der Waals surface area contributed by atoms with Gasteiger partial charge in [0.2, 0.25) is 5.82 Å². The summed E-state index contributed by atoms with van der Waals surface area (Å²) < 4.78 is 0. The lowest BCUT2D eigenvalue weighted by Crippen LogP contribution is -2.42. The number of carbonyl (C=O) groups is 1. The Morgan fingerprint density at radius 1 is 1.03 bits per heavy atom. The lowest BCUT2D eigenvalue weighted by molar-refractivity contribution is 0.0900. The molecule has 8 heteroatoms. The summed E-state index contributed by atoms with van der Waals surface area (Å²) in [7, 11) is 0. The highest BCUT2D eigenvalue weighted by molar-refractivity contribution is 5.96. The number of benzene rings is 1. The molecule has 1 aromatic carbocycles. The van der Waals surface area contributed by atoms with Crippen molar-refractivity contribution in [1.82, 2.24) is 15.3 Å². The molecule has 0 aliphatic heterocycles. The molecule has 8 nitrogen and oxygen atoms in total. The van der Waals surface area contributed by atoms with Crippen molar-refractivity contribution in [2.24, 2.45) is 22.4 Å². The van der Waals surface area contributed by atoms with Gasteiger partial charge in [0.05, 0.1) is 17.6 Å². The van der Waals surface area contributed by atoms with Crippen molar-refractivity contribution in [3.8, 4) is 0 Å². The number of nitrogens with zero attached hydrogens (tertiary/aromatic N) is 3. The van der Waals surface area contributed by atoms with Gasteiger partial charge in [-0.3, -0.25) is 4.79 Å². The van der Waals surface area contributed by atoms with E-state index in [0.29, 0.717) is 11.7 Å². The molecule has 2 aromatic rings. The number of nitrogens with one attached hydrogen (secondary N) is 2. The highest BCUT2D eigenvalue weighted by atomic mass is 16.2. The zero-order chi connectivity index (χ0) is 22.7. The quantitative estimate of drug-likeness (QED) is 0.419. The first kappa shape index (κ1) is 22.3. The monoisotopic (exact) mass is 437 g/mol. The summed E-state index contributed by atoms with van der Waals surface area (Å²) in [6.07, 6.45) is 8.58. The van der Waals surface area contributed by atoms with Crippen molar-refractivity contribution < 1.29 is 4.79 Å². The van der Waals surface area contributed by atoms with Gasteiger partial charge < -0.3 is 22.1 Å². The van der Waals surface area contributed by atoms with E-state index in [-0.39, 0.29) is 35.8 Å². The van der Waals surface area contributed by atoms with Crippen LogP contribution in [0.4, 0.5) is 5.82 Å². The third kappa shape index (κ3) is 5.11. The number of fused-ring (bicyclic) bond motifs is 1. The number of aryl methyl sites for hydroxylation is 1. The van der Waals surface area contributed by atoms with Gasteiger partial charge in [0, 0.05) is 11.4 Å². The predicted octanol–water partition coefficient (Wildman–Crippen LogP) is 3.24. The SMILES string of the molecule is Cc1ccc2nc(C(=O)NC3CCCCC3C)nc(NC3CCCCC3N=C(N)N)c2c1. The zero-order valence-electron chi connectivity index (χ0n) is 19.1. The Kier molecular flexibility index (Phi) is 6.77. The van der Waals surface area contributed by atoms with Crippen molar-refractivity contribution in [3.05, 3.63) is 29.6 Å². The molecule has 4 atom stereocenters. The fourth-order valence-electron chi connectivity index (χ4n) is 5.02. The molecule has 1 amide bonds. The van der Waals surface area contributed by atoms with Crippen LogP contribution in [-0.4, -0.2) is 40.0 Å². The van der Waals surface area contributed by atoms with Crippen LogP contribution in [-0.2, 0) is 0 Å². The van der Waals surface area contributed by atoms with Crippen LogP contribution in [0.15, 0.2) is 23.2 Å². The van der Waals surface area contributed by atoms with E-state index in [1.54, 1.807) is 0 Å². The van der Waals surface area contributed by atoms with Gasteiger partial charge in [-0.1, -0.05) is 44.2 Å². The molecular formula is C24H35N7O. The number of hydrogen-bond donors (Lipinski definition) is 4. The number of amides is 1. The average molecular weight is 438 g/mol. The number of nitrogens with two attached hydrogens (primary N) is 2. The molecule has 6 N–H and O–H groups in total. The highest BCUT2D eigenvalue weighted by Gasteiger charge is 2.28. The highest BCUT2D eigenvalue weighted by Crippen LogP contribution is 2.28. The Labute approximate surface area is 189 Å². The van der Waals surface area contributed by atoms with Crippen LogP contribution in [0.1, 0.15) is 74.5 Å². The molecule has 2 saturated carbocycles. The number of aliphatic imine (C=N–C) groups is 1. The van der Waals surface area contributed by atoms with Crippen LogP contribution in [0.3, 0.4) is 0 Å². The van der Waals surface area contributed by atoms with E-state index >= 15 is 0 Å². The Morgan fingerprint density at radius 3 is 2.50 bits per heavy atom. The van der Waals surface area contributed by atoms with Crippen LogP contribution < -0.4 is 22.1 Å². The van der Waals surface area contributed by atoms with Crippen LogP contribution in [0.5, 0.6) is 0 Å². The molecule has 32 heavy (non-hydrogen) atoms. The van der Waals surface area contributed by atoms with E-state index in [1.807, 2.05) is 19.1 Å². The summed E-state index contributed by atoms with van der Waals surface area (Å²) in [5, 5.41) is 7.65. The van der Waals surface area contributed by atoms with Crippen molar-refractivity contribution in [3.63, 3.8) is 0 Å². The summed E-state index contributed by atoms with van der Waals surface area (Å²) >= 11 is 0. The van der Waals surface area contributed by atoms with Crippen molar-refractivity contribution in [2.75, 3.05) is 5.32 Å². The molecule has 172 valence electrons. The molecule has 2 fully saturated rings. The van der Waals surface area contributed by atoms with E-state index in [2.05, 4.69) is 33.6 Å². The number of guanidine groups is 1. The molecule has 4 unspecified atom stereocenters. The maximum atomic E-state index is 13.1. The lowest BCUT2D eigenvalue weighted by Gasteiger charge is -2.30. The molecule has 2 aliphatic rings. The first-order chi connectivity index (χ1) is 15.4. The minimum Gasteiger partial charge on any atom is -0.370 e. The van der Waals surface area contributed by atoms with Crippen molar-refractivity contribution in [1.29, 1.82) is 0 Å². The van der Waals surface area contributed by atoms with Crippen molar-refractivity contribution >= 4 is 28.6 Å². The second-order valence-electron chi connectivity index (χ2n) is 9.41. The third-order valence-electron chi connectivity index (χ3n) is 6.85. The number of hydrogen-bond acceptors (Lipinski definition) is 5. The number of rotatable bonds is 5. The largest absolute Gasteiger partial charge is 0.370 e. The third-order valence-corrected chi connectivity index (χ3v) is 6.85. The van der Waals surface area contributed by atoms with E-state index in [0.717, 1.165) is 61.4 Å². The van der Waals surface area contributed by atoms with Gasteiger partial charge in [-0.25, -0.2) is 15.0 Å². The molecule has 1 heterocycles. The molecule has 0 radical (unpaired) electrons. The Hall–Kier alpha value is -2.90. The molecular weight excluding hydrogens is 402 g/mol. The minimum absolute atomic E-state index is 0.0102. The second-order valence-corrected chi connectivity index (χ2v) is 9.41. The Bertz CT molecular complexity index is 1000. The first-order valence-corrected chi connectivity index (χ1v) is 11.9. The van der Waals surface area contributed by atoms with E-state index in [4.69, 9.17) is 16.5 Å². The zero-order valence-corrected chi connectivity index (χ0v) is 19.1. The summed E-state index contributed by atoms with van der Waals surface area (Å²) in [6.45, 7) is 4.24. The van der Waals surface area contributed by atoms with Gasteiger partial charge in [-0.05, 0) is 50.7 Å². The number of carbonyl (C=O) groups excluding carboxylic acids is 1. The maximum Gasteiger partial charge on any atom is 0.289 e. The fraction of sp³-hybridized carbons (Fsp3) is 0.583. The summed E-state index contributed by atoms with van der Waals surface area (Å²) in [5.41, 5.74) is 13.2. The smallest absolute Gasteiger partial charge is 0.289 e. The van der Waals surface area contributed by atoms with Crippen LogP contribution in [0.25, 0.3) is 10.9 Å². The van der Waals surface area contributed by atoms with Gasteiger partial charge in [0.1, 0.15) is 5.82 Å². The Morgan fingerprint density at radius 2 is 1.75 bits per heavy atom. The number of anilines is 1. The Balaban J connectivity index is 1.65. The molecule has 2 aliphatic carbocycles. The van der Waals surface area contributed by atoms with Gasteiger partial charge in [-0.2, -0.15) is 0 Å². The van der Waals surface area contributed by atoms with Crippen molar-refractivity contribution in [2.45, 2.75) is 83.3 Å². The van der Waals surface area contributed by atoms with E-state index < -0.39 is 0 Å². The average Bonchev–Trinajstić information content (AvgIpc) is 2.76. The van der Waals surface area contributed by atoms with Gasteiger partial charge in [0.25, 0.3) is 5.91 Å². The molecule has 1 aromatic heterocycles. The van der Waals surface area contributed by atoms with Gasteiger partial charge in [0.15, 0.2) is 5.96 Å². The minimum atomic E-state index is -0.210. The first-order valence-electron chi connectivity index (χ1n) is 11.9. The van der Waals surface area contributed by atoms with E-state index in [1.165, 1.54) is 6.42 Å².